The highest BCUT2D eigenvalue weighted by Crippen LogP contribution is 2.38. The van der Waals surface area contributed by atoms with Gasteiger partial charge in [0.15, 0.2) is 0 Å². The van der Waals surface area contributed by atoms with Gasteiger partial charge in [0.05, 0.1) is 37.3 Å². The fourth-order valence-electron chi connectivity index (χ4n) is 3.60. The number of thioether (sulfide) groups is 1. The molecule has 3 aromatic carbocycles. The maximum Gasteiger partial charge on any atom is 0.262 e. The van der Waals surface area contributed by atoms with Crippen molar-refractivity contribution in [3.63, 3.8) is 0 Å². The number of nitrogens with one attached hydrogen (secondary N) is 3. The third-order valence-corrected chi connectivity index (χ3v) is 6.67. The summed E-state index contributed by atoms with van der Waals surface area (Å²) in [6.45, 7) is 2.53. The molecule has 0 radical (unpaired) electrons. The van der Waals surface area contributed by atoms with Crippen LogP contribution in [-0.4, -0.2) is 38.5 Å². The Bertz CT molecular complexity index is 1140. The first-order chi connectivity index (χ1) is 16.1. The zero-order valence-corrected chi connectivity index (χ0v) is 19.5. The zero-order chi connectivity index (χ0) is 23.0. The number of carbonyl (C=O) groups excluding carboxylic acids is 2. The van der Waals surface area contributed by atoms with Crippen molar-refractivity contribution < 1.29 is 14.5 Å². The largest absolute Gasteiger partial charge is 0.346 e. The molecule has 0 spiro atoms. The van der Waals surface area contributed by atoms with Crippen molar-refractivity contribution in [3.8, 4) is 0 Å². The zero-order valence-electron chi connectivity index (χ0n) is 18.6. The topological polar surface area (TPSA) is 62.6 Å². The normalized spacial score (nSPS) is 14.9. The van der Waals surface area contributed by atoms with E-state index in [-0.39, 0.29) is 11.8 Å². The minimum atomic E-state index is -0.112. The molecule has 6 heteroatoms. The van der Waals surface area contributed by atoms with Crippen LogP contribution in [0.3, 0.4) is 0 Å². The van der Waals surface area contributed by atoms with E-state index in [2.05, 4.69) is 41.9 Å². The Hall–Kier alpha value is -3.35. The van der Waals surface area contributed by atoms with E-state index >= 15 is 0 Å². The maximum atomic E-state index is 12.5. The Kier molecular flexibility index (Phi) is 7.60. The third-order valence-electron chi connectivity index (χ3n) is 5.57. The van der Waals surface area contributed by atoms with Crippen LogP contribution in [0.15, 0.2) is 88.7 Å². The smallest absolute Gasteiger partial charge is 0.262 e. The molecule has 3 N–H and O–H groups in total. The summed E-state index contributed by atoms with van der Waals surface area (Å²) in [4.78, 5) is 27.9. The predicted octanol–water partition coefficient (Wildman–Crippen LogP) is 3.26. The van der Waals surface area contributed by atoms with E-state index in [0.29, 0.717) is 17.0 Å². The average Bonchev–Trinajstić information content (AvgIpc) is 2.84. The van der Waals surface area contributed by atoms with Gasteiger partial charge in [-0.05, 0) is 41.5 Å². The Morgan fingerprint density at radius 3 is 2.48 bits per heavy atom. The van der Waals surface area contributed by atoms with E-state index in [0.717, 1.165) is 35.7 Å². The molecule has 0 aromatic heterocycles. The van der Waals surface area contributed by atoms with Gasteiger partial charge in [-0.15, -0.1) is 0 Å². The van der Waals surface area contributed by atoms with E-state index in [1.54, 1.807) is 12.1 Å². The lowest BCUT2D eigenvalue weighted by Crippen LogP contribution is -3.10. The van der Waals surface area contributed by atoms with Gasteiger partial charge in [-0.3, -0.25) is 9.59 Å². The van der Waals surface area contributed by atoms with Gasteiger partial charge in [-0.25, -0.2) is 0 Å². The molecule has 0 aliphatic carbocycles. The van der Waals surface area contributed by atoms with Gasteiger partial charge >= 0.3 is 0 Å². The molecule has 0 fully saturated rings. The minimum absolute atomic E-state index is 0.0798. The summed E-state index contributed by atoms with van der Waals surface area (Å²) in [5, 5.41) is 5.92. The molecule has 168 valence electrons. The predicted molar refractivity (Wildman–Crippen MR) is 134 cm³/mol. The second-order valence-electron chi connectivity index (χ2n) is 8.13. The Morgan fingerprint density at radius 2 is 1.70 bits per heavy atom. The van der Waals surface area contributed by atoms with Crippen LogP contribution in [0.1, 0.15) is 21.5 Å². The highest BCUT2D eigenvalue weighted by atomic mass is 32.2. The number of carbonyl (C=O) groups is 2. The van der Waals surface area contributed by atoms with E-state index < -0.39 is 0 Å². The molecule has 4 rings (SSSR count). The summed E-state index contributed by atoms with van der Waals surface area (Å²) in [7, 11) is 2.15. The molecule has 1 unspecified atom stereocenters. The van der Waals surface area contributed by atoms with E-state index in [9.17, 15) is 9.59 Å². The number of hydrogen-bond donors (Lipinski definition) is 3. The molecule has 1 aliphatic rings. The second kappa shape index (κ2) is 11.0. The van der Waals surface area contributed by atoms with Crippen LogP contribution >= 0.6 is 11.8 Å². The lowest BCUT2D eigenvalue weighted by Gasteiger charge is -2.18. The van der Waals surface area contributed by atoms with Gasteiger partial charge in [0.25, 0.3) is 11.8 Å². The second-order valence-corrected chi connectivity index (χ2v) is 9.22. The monoisotopic (exact) mass is 458 g/mol. The number of likely N-dealkylation sites (N-methyl/N-ethyl adjacent to an activating group) is 1. The molecular formula is C27H28N3O2S+. The van der Waals surface area contributed by atoms with Crippen LogP contribution < -0.4 is 15.5 Å². The number of benzene rings is 3. The van der Waals surface area contributed by atoms with Gasteiger partial charge in [-0.2, -0.15) is 0 Å². The molecule has 0 bridgehead atoms. The Labute approximate surface area is 198 Å². The van der Waals surface area contributed by atoms with Crippen molar-refractivity contribution >= 4 is 35.3 Å². The summed E-state index contributed by atoms with van der Waals surface area (Å²) >= 11 is 1.45. The summed E-state index contributed by atoms with van der Waals surface area (Å²) in [5.41, 5.74) is 3.67. The molecule has 3 aromatic rings. The maximum absolute atomic E-state index is 12.5. The van der Waals surface area contributed by atoms with E-state index in [1.807, 2.05) is 48.5 Å². The molecule has 2 amide bonds. The van der Waals surface area contributed by atoms with Crippen LogP contribution in [0, 0.1) is 0 Å². The van der Waals surface area contributed by atoms with Crippen LogP contribution in [-0.2, 0) is 11.2 Å². The first-order valence-corrected chi connectivity index (χ1v) is 11.9. The standard InChI is InChI=1S/C27H27N3O2S/c1-30(17-15-20-7-3-2-4-8-20)18-16-28-26(31)22-13-11-21(12-14-22)19-25-27(32)29-23-9-5-6-10-24(23)33-25/h2-14,19H,15-18H2,1H3,(H,28,31)(H,29,32)/p+1. The summed E-state index contributed by atoms with van der Waals surface area (Å²) in [6.07, 6.45) is 2.88. The summed E-state index contributed by atoms with van der Waals surface area (Å²) < 4.78 is 0. The van der Waals surface area contributed by atoms with Crippen molar-refractivity contribution in [2.45, 2.75) is 11.3 Å². The fraction of sp³-hybridized carbons (Fsp3) is 0.185. The Balaban J connectivity index is 1.26. The van der Waals surface area contributed by atoms with Crippen LogP contribution in [0.25, 0.3) is 6.08 Å². The SMILES string of the molecule is C[NH+](CCNC(=O)c1ccc(C=C2Sc3ccccc3NC2=O)cc1)CCc1ccccc1. The number of anilines is 1. The van der Waals surface area contributed by atoms with Gasteiger partial charge in [0.1, 0.15) is 0 Å². The van der Waals surface area contributed by atoms with Crippen LogP contribution in [0.2, 0.25) is 0 Å². The highest BCUT2D eigenvalue weighted by Gasteiger charge is 2.20. The van der Waals surface area contributed by atoms with E-state index in [1.165, 1.54) is 22.2 Å². The number of quaternary nitrogens is 1. The molecule has 33 heavy (non-hydrogen) atoms. The Morgan fingerprint density at radius 1 is 0.970 bits per heavy atom. The van der Waals surface area contributed by atoms with Crippen molar-refractivity contribution in [1.29, 1.82) is 0 Å². The van der Waals surface area contributed by atoms with Crippen molar-refractivity contribution in [2.75, 3.05) is 32.0 Å². The average molecular weight is 459 g/mol. The summed E-state index contributed by atoms with van der Waals surface area (Å²) in [5.74, 6) is -0.192. The molecule has 1 heterocycles. The molecule has 0 saturated heterocycles. The number of hydrogen-bond acceptors (Lipinski definition) is 3. The highest BCUT2D eigenvalue weighted by molar-refractivity contribution is 8.04. The van der Waals surface area contributed by atoms with E-state index in [4.69, 9.17) is 0 Å². The van der Waals surface area contributed by atoms with Crippen molar-refractivity contribution in [2.24, 2.45) is 0 Å². The fourth-order valence-corrected chi connectivity index (χ4v) is 4.55. The van der Waals surface area contributed by atoms with Crippen molar-refractivity contribution in [3.05, 3.63) is 100 Å². The van der Waals surface area contributed by atoms with Gasteiger partial charge in [0, 0.05) is 16.9 Å². The van der Waals surface area contributed by atoms with Gasteiger partial charge in [0.2, 0.25) is 0 Å². The number of fused-ring (bicyclic) bond motifs is 1. The molecule has 0 saturated carbocycles. The van der Waals surface area contributed by atoms with Gasteiger partial charge < -0.3 is 15.5 Å². The number of rotatable bonds is 8. The quantitative estimate of drug-likeness (QED) is 0.454. The van der Waals surface area contributed by atoms with Crippen LogP contribution in [0.5, 0.6) is 0 Å². The summed E-state index contributed by atoms with van der Waals surface area (Å²) in [6, 6.07) is 25.5. The minimum Gasteiger partial charge on any atom is -0.346 e. The number of amides is 2. The first-order valence-electron chi connectivity index (χ1n) is 11.1. The number of para-hydroxylation sites is 1. The molecule has 1 aliphatic heterocycles. The molecular weight excluding hydrogens is 430 g/mol. The van der Waals surface area contributed by atoms with Crippen molar-refractivity contribution in [1.82, 2.24) is 5.32 Å². The first kappa shape index (κ1) is 22.8. The molecule has 1 atom stereocenters. The lowest BCUT2D eigenvalue weighted by atomic mass is 10.1. The van der Waals surface area contributed by atoms with Crippen LogP contribution in [0.4, 0.5) is 5.69 Å². The third kappa shape index (κ3) is 6.34. The lowest BCUT2D eigenvalue weighted by molar-refractivity contribution is -0.878. The van der Waals surface area contributed by atoms with Gasteiger partial charge in [-0.1, -0.05) is 66.4 Å². The molecule has 5 nitrogen and oxygen atoms in total.